The van der Waals surface area contributed by atoms with Crippen molar-refractivity contribution >= 4 is 28.9 Å². The number of fused-ring (bicyclic) bond motifs is 1. The molecule has 0 aromatic heterocycles. The van der Waals surface area contributed by atoms with Gasteiger partial charge in [0.25, 0.3) is 11.6 Å². The number of hydrogen-bond donors (Lipinski definition) is 2. The van der Waals surface area contributed by atoms with Crippen LogP contribution < -0.4 is 15.4 Å². The molecule has 0 spiro atoms. The molecule has 2 N–H and O–H groups in total. The van der Waals surface area contributed by atoms with Gasteiger partial charge in [0.1, 0.15) is 11.4 Å². The van der Waals surface area contributed by atoms with Gasteiger partial charge in [-0.15, -0.1) is 0 Å². The highest BCUT2D eigenvalue weighted by Gasteiger charge is 2.34. The van der Waals surface area contributed by atoms with Crippen molar-refractivity contribution in [3.05, 3.63) is 57.6 Å². The van der Waals surface area contributed by atoms with Crippen LogP contribution in [0.25, 0.3) is 0 Å². The summed E-state index contributed by atoms with van der Waals surface area (Å²) in [5, 5.41) is 16.8. The number of carbonyl (C=O) groups is 2. The summed E-state index contributed by atoms with van der Waals surface area (Å²) in [5.74, 6) is -0.0704. The quantitative estimate of drug-likeness (QED) is 0.633. The number of ether oxygens (including phenoxy) is 1. The van der Waals surface area contributed by atoms with Gasteiger partial charge in [-0.05, 0) is 35.9 Å². The molecule has 0 saturated carbocycles. The first kappa shape index (κ1) is 18.4. The minimum Gasteiger partial charge on any atom is -0.497 e. The zero-order chi connectivity index (χ0) is 19.8. The Bertz CT molecular complexity index is 935. The predicted octanol–water partition coefficient (Wildman–Crippen LogP) is 3.48. The van der Waals surface area contributed by atoms with Gasteiger partial charge in [-0.2, -0.15) is 0 Å². The van der Waals surface area contributed by atoms with E-state index in [1.807, 2.05) is 13.8 Å². The van der Waals surface area contributed by atoms with Gasteiger partial charge in [-0.25, -0.2) is 0 Å². The monoisotopic (exact) mass is 369 g/mol. The lowest BCUT2D eigenvalue weighted by Gasteiger charge is -2.32. The van der Waals surface area contributed by atoms with Crippen LogP contribution in [0, 0.1) is 10.1 Å². The van der Waals surface area contributed by atoms with Crippen LogP contribution in [0.15, 0.2) is 36.4 Å². The molecule has 27 heavy (non-hydrogen) atoms. The fourth-order valence-electron chi connectivity index (χ4n) is 3.13. The lowest BCUT2D eigenvalue weighted by atomic mass is 9.77. The van der Waals surface area contributed by atoms with Gasteiger partial charge >= 0.3 is 0 Å². The summed E-state index contributed by atoms with van der Waals surface area (Å²) in [6.45, 7) is 3.76. The van der Waals surface area contributed by atoms with E-state index in [2.05, 4.69) is 10.6 Å². The second-order valence-corrected chi connectivity index (χ2v) is 6.96. The number of methoxy groups -OCH3 is 1. The summed E-state index contributed by atoms with van der Waals surface area (Å²) >= 11 is 0. The van der Waals surface area contributed by atoms with Crippen LogP contribution in [0.4, 0.5) is 17.1 Å². The smallest absolute Gasteiger partial charge is 0.294 e. The number of hydrogen-bond acceptors (Lipinski definition) is 5. The van der Waals surface area contributed by atoms with E-state index >= 15 is 0 Å². The topological polar surface area (TPSA) is 111 Å². The Labute approximate surface area is 155 Å². The van der Waals surface area contributed by atoms with Crippen molar-refractivity contribution in [3.63, 3.8) is 0 Å². The lowest BCUT2D eigenvalue weighted by molar-refractivity contribution is -0.383. The van der Waals surface area contributed by atoms with Crippen LogP contribution in [0.1, 0.15) is 36.2 Å². The molecule has 0 bridgehead atoms. The highest BCUT2D eigenvalue weighted by Crippen LogP contribution is 2.42. The van der Waals surface area contributed by atoms with Gasteiger partial charge < -0.3 is 15.4 Å². The summed E-state index contributed by atoms with van der Waals surface area (Å²) in [6.07, 6.45) is 0.254. The average Bonchev–Trinajstić information content (AvgIpc) is 2.61. The van der Waals surface area contributed by atoms with Gasteiger partial charge in [-0.1, -0.05) is 13.8 Å². The second-order valence-electron chi connectivity index (χ2n) is 6.96. The number of nitro groups is 1. The number of nitrogens with zero attached hydrogens (tertiary/aromatic N) is 1. The third-order valence-corrected chi connectivity index (χ3v) is 4.54. The summed E-state index contributed by atoms with van der Waals surface area (Å²) in [7, 11) is 1.52. The van der Waals surface area contributed by atoms with E-state index < -0.39 is 16.2 Å². The highest BCUT2D eigenvalue weighted by atomic mass is 16.6. The van der Waals surface area contributed by atoms with Gasteiger partial charge in [-0.3, -0.25) is 19.7 Å². The zero-order valence-corrected chi connectivity index (χ0v) is 15.2. The van der Waals surface area contributed by atoms with E-state index in [1.54, 1.807) is 30.3 Å². The maximum absolute atomic E-state index is 12.5. The van der Waals surface area contributed by atoms with Crippen molar-refractivity contribution in [2.24, 2.45) is 0 Å². The Morgan fingerprint density at radius 2 is 1.93 bits per heavy atom. The molecule has 8 heteroatoms. The predicted molar refractivity (Wildman–Crippen MR) is 100 cm³/mol. The summed E-state index contributed by atoms with van der Waals surface area (Å²) in [6, 6.07) is 9.26. The van der Waals surface area contributed by atoms with Crippen LogP contribution in [-0.2, 0) is 10.2 Å². The molecular weight excluding hydrogens is 350 g/mol. The van der Waals surface area contributed by atoms with Crippen molar-refractivity contribution in [2.75, 3.05) is 17.7 Å². The van der Waals surface area contributed by atoms with Crippen LogP contribution >= 0.6 is 0 Å². The number of anilines is 2. The minimum absolute atomic E-state index is 0.0868. The van der Waals surface area contributed by atoms with Gasteiger partial charge in [0.15, 0.2) is 0 Å². The Balaban J connectivity index is 2.00. The average molecular weight is 369 g/mol. The van der Waals surface area contributed by atoms with Crippen LogP contribution in [0.2, 0.25) is 0 Å². The SMILES string of the molecule is COc1ccc(C(=O)Nc2cc3c(cc2[N+](=O)[O-])NC(=O)CC3(C)C)cc1. The number of amides is 2. The number of rotatable bonds is 4. The second kappa shape index (κ2) is 6.71. The van der Waals surface area contributed by atoms with E-state index in [9.17, 15) is 19.7 Å². The highest BCUT2D eigenvalue weighted by molar-refractivity contribution is 6.06. The van der Waals surface area contributed by atoms with Crippen molar-refractivity contribution in [1.29, 1.82) is 0 Å². The van der Waals surface area contributed by atoms with E-state index in [1.165, 1.54) is 13.2 Å². The molecule has 0 fully saturated rings. The molecule has 0 aliphatic carbocycles. The fraction of sp³-hybridized carbons (Fsp3) is 0.263. The molecule has 1 aliphatic heterocycles. The number of nitro benzene ring substituents is 1. The van der Waals surface area contributed by atoms with E-state index in [4.69, 9.17) is 4.74 Å². The Hall–Kier alpha value is -3.42. The molecule has 140 valence electrons. The maximum atomic E-state index is 12.5. The number of nitrogens with one attached hydrogen (secondary N) is 2. The summed E-state index contributed by atoms with van der Waals surface area (Å²) < 4.78 is 5.06. The number of benzene rings is 2. The molecule has 1 aliphatic rings. The first-order valence-corrected chi connectivity index (χ1v) is 8.29. The summed E-state index contributed by atoms with van der Waals surface area (Å²) in [5.41, 5.74) is 0.766. The number of carbonyl (C=O) groups excluding carboxylic acids is 2. The molecule has 0 radical (unpaired) electrons. The zero-order valence-electron chi connectivity index (χ0n) is 15.2. The first-order valence-electron chi connectivity index (χ1n) is 8.29. The van der Waals surface area contributed by atoms with Gasteiger partial charge in [0, 0.05) is 23.5 Å². The molecule has 2 aromatic rings. The molecule has 2 amide bonds. The standard InChI is InChI=1S/C19H19N3O5/c1-19(2)10-17(23)20-14-9-16(22(25)26)15(8-13(14)19)21-18(24)11-4-6-12(27-3)7-5-11/h4-9H,10H2,1-3H3,(H,20,23)(H,21,24). The van der Waals surface area contributed by atoms with Crippen LogP contribution in [0.3, 0.4) is 0 Å². The minimum atomic E-state index is -0.586. The molecule has 2 aromatic carbocycles. The molecule has 0 atom stereocenters. The third-order valence-electron chi connectivity index (χ3n) is 4.54. The van der Waals surface area contributed by atoms with Gasteiger partial charge in [0.2, 0.25) is 5.91 Å². The Morgan fingerprint density at radius 3 is 2.52 bits per heavy atom. The normalized spacial score (nSPS) is 14.7. The molecule has 0 unspecified atom stereocenters. The molecule has 3 rings (SSSR count). The molecule has 0 saturated heterocycles. The van der Waals surface area contributed by atoms with Crippen molar-refractivity contribution < 1.29 is 19.2 Å². The fourth-order valence-corrected chi connectivity index (χ4v) is 3.13. The van der Waals surface area contributed by atoms with E-state index in [0.29, 0.717) is 17.0 Å². The molecule has 1 heterocycles. The summed E-state index contributed by atoms with van der Waals surface area (Å²) in [4.78, 5) is 35.3. The van der Waals surface area contributed by atoms with Gasteiger partial charge in [0.05, 0.1) is 17.7 Å². The largest absolute Gasteiger partial charge is 0.497 e. The van der Waals surface area contributed by atoms with Crippen molar-refractivity contribution in [2.45, 2.75) is 25.7 Å². The molecular formula is C19H19N3O5. The third kappa shape index (κ3) is 3.59. The van der Waals surface area contributed by atoms with Crippen molar-refractivity contribution in [1.82, 2.24) is 0 Å². The van der Waals surface area contributed by atoms with Crippen molar-refractivity contribution in [3.8, 4) is 5.75 Å². The Morgan fingerprint density at radius 1 is 1.26 bits per heavy atom. The van der Waals surface area contributed by atoms with E-state index in [-0.39, 0.29) is 23.7 Å². The van der Waals surface area contributed by atoms with Crippen LogP contribution in [0.5, 0.6) is 5.75 Å². The van der Waals surface area contributed by atoms with E-state index in [0.717, 1.165) is 5.56 Å². The first-order chi connectivity index (χ1) is 12.7. The molecule has 8 nitrogen and oxygen atoms in total. The maximum Gasteiger partial charge on any atom is 0.294 e. The lowest BCUT2D eigenvalue weighted by Crippen LogP contribution is -2.32. The Kier molecular flexibility index (Phi) is 4.57. The van der Waals surface area contributed by atoms with Crippen LogP contribution in [-0.4, -0.2) is 23.8 Å².